The largest absolute Gasteiger partial charge is 0.494 e. The number of carbonyl (C=O) groups is 2. The minimum atomic E-state index is -1.80. The van der Waals surface area contributed by atoms with Gasteiger partial charge >= 0.3 is 7.12 Å². The van der Waals surface area contributed by atoms with Crippen molar-refractivity contribution < 1.29 is 29.1 Å². The molecule has 0 aliphatic carbocycles. The highest BCUT2D eigenvalue weighted by Crippen LogP contribution is 2.09. The minimum Gasteiger partial charge on any atom is -0.494 e. The van der Waals surface area contributed by atoms with E-state index in [4.69, 9.17) is 9.47 Å². The number of methoxy groups -OCH3 is 1. The van der Waals surface area contributed by atoms with Gasteiger partial charge in [-0.05, 0) is 24.3 Å². The lowest BCUT2D eigenvalue weighted by atomic mass is 9.77. The number of hydrogen-bond acceptors (Lipinski definition) is 7. The molecule has 2 atom stereocenters. The molecule has 2 aromatic rings. The number of amides is 2. The molecule has 1 aromatic carbocycles. The molecule has 0 bridgehead atoms. The zero-order chi connectivity index (χ0) is 21.1. The summed E-state index contributed by atoms with van der Waals surface area (Å²) in [6.07, 6.45) is 3.05. The fourth-order valence-corrected chi connectivity index (χ4v) is 2.49. The summed E-state index contributed by atoms with van der Waals surface area (Å²) >= 11 is 0. The molecule has 0 unspecified atom stereocenters. The van der Waals surface area contributed by atoms with Crippen molar-refractivity contribution >= 4 is 18.9 Å². The first-order valence-electron chi connectivity index (χ1n) is 9.05. The highest BCUT2D eigenvalue weighted by molar-refractivity contribution is 6.43. The van der Waals surface area contributed by atoms with Gasteiger partial charge < -0.3 is 30.2 Å². The Labute approximate surface area is 169 Å². The molecule has 0 aliphatic heterocycles. The van der Waals surface area contributed by atoms with Crippen molar-refractivity contribution in [1.29, 1.82) is 0 Å². The molecule has 2 rings (SSSR count). The number of pyridine rings is 1. The standard InChI is InChI=1S/C19H24BN3O6/c1-28-13-16(22-18(24)14-6-5-10-21-12-14)19(25)23-17(20(26)27)9-11-29-15-7-3-2-4-8-15/h2-8,10,12,16-17,26-27H,9,11,13H2,1H3,(H,22,24)(H,23,25)/t16-,17+/m1/s1. The van der Waals surface area contributed by atoms with Gasteiger partial charge in [0.05, 0.1) is 24.7 Å². The minimum absolute atomic E-state index is 0.0907. The molecule has 0 aliphatic rings. The zero-order valence-corrected chi connectivity index (χ0v) is 16.0. The third kappa shape index (κ3) is 7.53. The maximum absolute atomic E-state index is 12.6. The number of para-hydroxylation sites is 1. The van der Waals surface area contributed by atoms with Crippen LogP contribution >= 0.6 is 0 Å². The van der Waals surface area contributed by atoms with Crippen LogP contribution < -0.4 is 15.4 Å². The van der Waals surface area contributed by atoms with Crippen LogP contribution in [0.15, 0.2) is 54.9 Å². The first-order valence-corrected chi connectivity index (χ1v) is 9.05. The fraction of sp³-hybridized carbons (Fsp3) is 0.316. The van der Waals surface area contributed by atoms with Crippen LogP contribution in [-0.4, -0.2) is 66.3 Å². The van der Waals surface area contributed by atoms with Crippen molar-refractivity contribution in [3.63, 3.8) is 0 Å². The van der Waals surface area contributed by atoms with E-state index in [2.05, 4.69) is 15.6 Å². The Hall–Kier alpha value is -2.95. The molecule has 0 radical (unpaired) electrons. The topological polar surface area (TPSA) is 130 Å². The Morgan fingerprint density at radius 3 is 2.52 bits per heavy atom. The van der Waals surface area contributed by atoms with Gasteiger partial charge in [0.1, 0.15) is 11.8 Å². The Morgan fingerprint density at radius 2 is 1.90 bits per heavy atom. The van der Waals surface area contributed by atoms with E-state index in [-0.39, 0.29) is 25.2 Å². The van der Waals surface area contributed by atoms with E-state index in [0.29, 0.717) is 5.75 Å². The molecule has 0 saturated heterocycles. The van der Waals surface area contributed by atoms with Gasteiger partial charge in [-0.25, -0.2) is 0 Å². The summed E-state index contributed by atoms with van der Waals surface area (Å²) < 4.78 is 10.5. The summed E-state index contributed by atoms with van der Waals surface area (Å²) in [6.45, 7) is 0.0656. The second kappa shape index (κ2) is 11.8. The lowest BCUT2D eigenvalue weighted by Crippen LogP contribution is -2.55. The lowest BCUT2D eigenvalue weighted by molar-refractivity contribution is -0.124. The van der Waals surface area contributed by atoms with Crippen LogP contribution in [0.5, 0.6) is 5.75 Å². The number of carbonyl (C=O) groups excluding carboxylic acids is 2. The SMILES string of the molecule is COC[C@@H](NC(=O)c1cccnc1)C(=O)N[C@@H](CCOc1ccccc1)B(O)O. The van der Waals surface area contributed by atoms with Crippen molar-refractivity contribution in [2.45, 2.75) is 18.4 Å². The van der Waals surface area contributed by atoms with Crippen LogP contribution in [0.3, 0.4) is 0 Å². The second-order valence-corrected chi connectivity index (χ2v) is 6.20. The fourth-order valence-electron chi connectivity index (χ4n) is 2.49. The summed E-state index contributed by atoms with van der Waals surface area (Å²) in [6, 6.07) is 11.2. The van der Waals surface area contributed by atoms with Gasteiger partial charge in [0.2, 0.25) is 5.91 Å². The number of ether oxygens (including phenoxy) is 2. The molecular weight excluding hydrogens is 377 g/mol. The summed E-state index contributed by atoms with van der Waals surface area (Å²) in [5.41, 5.74) is 0.288. The maximum atomic E-state index is 12.6. The number of aromatic nitrogens is 1. The van der Waals surface area contributed by atoms with Crippen LogP contribution in [0.2, 0.25) is 0 Å². The molecule has 9 nitrogen and oxygen atoms in total. The van der Waals surface area contributed by atoms with Crippen LogP contribution in [0.4, 0.5) is 0 Å². The van der Waals surface area contributed by atoms with E-state index in [0.717, 1.165) is 0 Å². The molecule has 1 heterocycles. The Kier molecular flexibility index (Phi) is 9.09. The summed E-state index contributed by atoms with van der Waals surface area (Å²) in [5, 5.41) is 24.2. The number of nitrogens with zero attached hydrogens (tertiary/aromatic N) is 1. The Balaban J connectivity index is 1.92. The van der Waals surface area contributed by atoms with Gasteiger partial charge in [-0.3, -0.25) is 14.6 Å². The van der Waals surface area contributed by atoms with Gasteiger partial charge in [0.25, 0.3) is 5.91 Å². The second-order valence-electron chi connectivity index (χ2n) is 6.20. The highest BCUT2D eigenvalue weighted by atomic mass is 16.5. The first kappa shape index (κ1) is 22.3. The maximum Gasteiger partial charge on any atom is 0.475 e. The molecule has 0 spiro atoms. The van der Waals surface area contributed by atoms with Crippen molar-refractivity contribution in [1.82, 2.24) is 15.6 Å². The molecule has 4 N–H and O–H groups in total. The van der Waals surface area contributed by atoms with E-state index >= 15 is 0 Å². The van der Waals surface area contributed by atoms with Crippen molar-refractivity contribution in [3.8, 4) is 5.75 Å². The smallest absolute Gasteiger partial charge is 0.475 e. The van der Waals surface area contributed by atoms with E-state index in [1.807, 2.05) is 18.2 Å². The van der Waals surface area contributed by atoms with Crippen LogP contribution in [0, 0.1) is 0 Å². The molecule has 1 aromatic heterocycles. The highest BCUT2D eigenvalue weighted by Gasteiger charge is 2.29. The average molecular weight is 401 g/mol. The molecule has 2 amide bonds. The van der Waals surface area contributed by atoms with Gasteiger partial charge in [-0.1, -0.05) is 18.2 Å². The van der Waals surface area contributed by atoms with Gasteiger partial charge in [-0.2, -0.15) is 0 Å². The zero-order valence-electron chi connectivity index (χ0n) is 16.0. The molecule has 29 heavy (non-hydrogen) atoms. The Bertz CT molecular complexity index is 763. The van der Waals surface area contributed by atoms with E-state index in [9.17, 15) is 19.6 Å². The molecular formula is C19H24BN3O6. The van der Waals surface area contributed by atoms with Gasteiger partial charge in [-0.15, -0.1) is 0 Å². The van der Waals surface area contributed by atoms with E-state index < -0.39 is 30.9 Å². The van der Waals surface area contributed by atoms with Crippen molar-refractivity contribution in [2.75, 3.05) is 20.3 Å². The van der Waals surface area contributed by atoms with Gasteiger partial charge in [0, 0.05) is 25.9 Å². The van der Waals surface area contributed by atoms with Crippen molar-refractivity contribution in [3.05, 3.63) is 60.4 Å². The third-order valence-electron chi connectivity index (χ3n) is 4.01. The van der Waals surface area contributed by atoms with Crippen molar-refractivity contribution in [2.24, 2.45) is 0 Å². The number of nitrogens with one attached hydrogen (secondary N) is 2. The van der Waals surface area contributed by atoms with Gasteiger partial charge in [0.15, 0.2) is 0 Å². The first-order chi connectivity index (χ1) is 14.0. The predicted molar refractivity (Wildman–Crippen MR) is 106 cm³/mol. The molecule has 154 valence electrons. The Morgan fingerprint density at radius 1 is 1.14 bits per heavy atom. The summed E-state index contributed by atoms with van der Waals surface area (Å²) in [5.74, 6) is -1.46. The van der Waals surface area contributed by atoms with Crippen LogP contribution in [-0.2, 0) is 9.53 Å². The summed E-state index contributed by atoms with van der Waals surface area (Å²) in [4.78, 5) is 28.7. The molecule has 0 saturated carbocycles. The number of benzene rings is 1. The van der Waals surface area contributed by atoms with E-state index in [1.165, 1.54) is 19.5 Å². The monoisotopic (exact) mass is 401 g/mol. The molecule has 0 fully saturated rings. The van der Waals surface area contributed by atoms with Crippen LogP contribution in [0.1, 0.15) is 16.8 Å². The number of rotatable bonds is 11. The third-order valence-corrected chi connectivity index (χ3v) is 4.01. The predicted octanol–water partition coefficient (Wildman–Crippen LogP) is -0.208. The molecule has 10 heteroatoms. The van der Waals surface area contributed by atoms with E-state index in [1.54, 1.807) is 24.3 Å². The summed E-state index contributed by atoms with van der Waals surface area (Å²) in [7, 11) is -0.404. The lowest BCUT2D eigenvalue weighted by Gasteiger charge is -2.22. The normalized spacial score (nSPS) is 12.5. The number of hydrogen-bond donors (Lipinski definition) is 4. The average Bonchev–Trinajstić information content (AvgIpc) is 2.73. The van der Waals surface area contributed by atoms with Crippen LogP contribution in [0.25, 0.3) is 0 Å². The quantitative estimate of drug-likeness (QED) is 0.384.